The first-order valence-electron chi connectivity index (χ1n) is 10.7. The Bertz CT molecular complexity index is 1190. The lowest BCUT2D eigenvalue weighted by Gasteiger charge is -2.27. The smallest absolute Gasteiger partial charge is 0.308 e. The van der Waals surface area contributed by atoms with Crippen LogP contribution in [0.25, 0.3) is 5.76 Å². The van der Waals surface area contributed by atoms with Gasteiger partial charge in [-0.2, -0.15) is 0 Å². The van der Waals surface area contributed by atoms with Crippen LogP contribution in [-0.2, 0) is 14.4 Å². The van der Waals surface area contributed by atoms with Gasteiger partial charge < -0.3 is 29.1 Å². The first-order valence-corrected chi connectivity index (χ1v) is 11.5. The number of hydrogen-bond acceptors (Lipinski definition) is 8. The third-order valence-electron chi connectivity index (χ3n) is 5.51. The second-order valence-corrected chi connectivity index (χ2v) is 9.00. The van der Waals surface area contributed by atoms with Gasteiger partial charge in [0.05, 0.1) is 30.3 Å². The van der Waals surface area contributed by atoms with Crippen molar-refractivity contribution in [3.63, 3.8) is 0 Å². The molecule has 1 saturated heterocycles. The molecule has 0 aromatic heterocycles. The summed E-state index contributed by atoms with van der Waals surface area (Å²) in [5.74, 6) is -1.40. The van der Waals surface area contributed by atoms with Crippen molar-refractivity contribution in [3.05, 3.63) is 57.6 Å². The second kappa shape index (κ2) is 10.9. The average Bonchev–Trinajstić information content (AvgIpc) is 3.06. The van der Waals surface area contributed by atoms with Gasteiger partial charge in [0, 0.05) is 25.6 Å². The van der Waals surface area contributed by atoms with Gasteiger partial charge in [0.15, 0.2) is 11.5 Å². The molecule has 1 aliphatic rings. The molecule has 0 saturated carbocycles. The van der Waals surface area contributed by atoms with E-state index in [1.165, 1.54) is 32.1 Å². The molecule has 0 radical (unpaired) electrons. The van der Waals surface area contributed by atoms with Crippen molar-refractivity contribution >= 4 is 39.3 Å². The van der Waals surface area contributed by atoms with E-state index in [0.717, 1.165) is 0 Å². The molecule has 35 heavy (non-hydrogen) atoms. The maximum absolute atomic E-state index is 13.2. The Hall–Kier alpha value is -3.37. The van der Waals surface area contributed by atoms with Crippen molar-refractivity contribution in [3.8, 4) is 17.2 Å². The van der Waals surface area contributed by atoms with Crippen LogP contribution in [0.5, 0.6) is 17.2 Å². The maximum Gasteiger partial charge on any atom is 0.308 e. The third-order valence-corrected chi connectivity index (χ3v) is 6.13. The second-order valence-electron chi connectivity index (χ2n) is 8.15. The number of ketones is 1. The van der Waals surface area contributed by atoms with Gasteiger partial charge in [-0.15, -0.1) is 0 Å². The van der Waals surface area contributed by atoms with Gasteiger partial charge in [0.1, 0.15) is 11.5 Å². The average molecular weight is 547 g/mol. The van der Waals surface area contributed by atoms with Crippen LogP contribution in [0, 0.1) is 0 Å². The number of methoxy groups -OCH3 is 2. The summed E-state index contributed by atoms with van der Waals surface area (Å²) in [4.78, 5) is 41.2. The third kappa shape index (κ3) is 5.49. The molecule has 3 rings (SSSR count). The highest BCUT2D eigenvalue weighted by atomic mass is 79.9. The van der Waals surface area contributed by atoms with Gasteiger partial charge in [-0.1, -0.05) is 6.07 Å². The summed E-state index contributed by atoms with van der Waals surface area (Å²) in [6.45, 7) is 1.99. The van der Waals surface area contributed by atoms with Crippen molar-refractivity contribution in [2.75, 3.05) is 41.4 Å². The molecule has 0 spiro atoms. The Balaban J connectivity index is 2.21. The van der Waals surface area contributed by atoms with Crippen molar-refractivity contribution in [2.45, 2.75) is 13.0 Å². The van der Waals surface area contributed by atoms with Gasteiger partial charge in [-0.3, -0.25) is 14.4 Å². The Morgan fingerprint density at radius 1 is 1.06 bits per heavy atom. The molecule has 1 fully saturated rings. The van der Waals surface area contributed by atoms with E-state index in [4.69, 9.17) is 14.2 Å². The zero-order chi connectivity index (χ0) is 25.9. The number of carbonyl (C=O) groups excluding carboxylic acids is 3. The molecule has 2 aromatic carbocycles. The van der Waals surface area contributed by atoms with Crippen LogP contribution in [0.15, 0.2) is 46.4 Å². The van der Waals surface area contributed by atoms with E-state index >= 15 is 0 Å². The molecule has 186 valence electrons. The molecule has 1 heterocycles. The Kier molecular flexibility index (Phi) is 8.18. The largest absolute Gasteiger partial charge is 0.507 e. The van der Waals surface area contributed by atoms with E-state index in [2.05, 4.69) is 15.9 Å². The highest BCUT2D eigenvalue weighted by Crippen LogP contribution is 2.42. The Morgan fingerprint density at radius 2 is 1.71 bits per heavy atom. The van der Waals surface area contributed by atoms with Gasteiger partial charge in [-0.25, -0.2) is 0 Å². The van der Waals surface area contributed by atoms with Gasteiger partial charge in [-0.05, 0) is 65.9 Å². The molecule has 9 nitrogen and oxygen atoms in total. The number of amides is 1. The lowest BCUT2D eigenvalue weighted by atomic mass is 9.95. The number of benzene rings is 2. The van der Waals surface area contributed by atoms with Crippen LogP contribution in [0.1, 0.15) is 24.1 Å². The number of aliphatic hydroxyl groups excluding tert-OH is 1. The summed E-state index contributed by atoms with van der Waals surface area (Å²) < 4.78 is 16.4. The maximum atomic E-state index is 13.2. The van der Waals surface area contributed by atoms with E-state index in [9.17, 15) is 19.5 Å². The normalized spacial score (nSPS) is 17.1. The number of nitrogens with zero attached hydrogens (tertiary/aromatic N) is 2. The number of ether oxygens (including phenoxy) is 3. The predicted octanol–water partition coefficient (Wildman–Crippen LogP) is 3.37. The fourth-order valence-electron chi connectivity index (χ4n) is 3.83. The summed E-state index contributed by atoms with van der Waals surface area (Å²) in [6, 6.07) is 8.74. The summed E-state index contributed by atoms with van der Waals surface area (Å²) in [5, 5.41) is 11.2. The topological polar surface area (TPSA) is 106 Å². The number of rotatable bonds is 8. The van der Waals surface area contributed by atoms with Crippen LogP contribution in [0.2, 0.25) is 0 Å². The number of Topliss-reactive ketones (excluding diaryl/α,β-unsaturated/α-hetero) is 1. The molecule has 2 aromatic rings. The number of halogens is 1. The van der Waals surface area contributed by atoms with Gasteiger partial charge in [0.2, 0.25) is 0 Å². The zero-order valence-electron chi connectivity index (χ0n) is 20.1. The van der Waals surface area contributed by atoms with Crippen molar-refractivity contribution in [1.82, 2.24) is 9.80 Å². The van der Waals surface area contributed by atoms with E-state index in [1.54, 1.807) is 30.3 Å². The van der Waals surface area contributed by atoms with Crippen molar-refractivity contribution in [2.24, 2.45) is 0 Å². The Morgan fingerprint density at radius 3 is 2.29 bits per heavy atom. The fraction of sp³-hybridized carbons (Fsp3) is 0.320. The Labute approximate surface area is 212 Å². The summed E-state index contributed by atoms with van der Waals surface area (Å²) >= 11 is 3.38. The zero-order valence-corrected chi connectivity index (χ0v) is 21.7. The number of hydrogen-bond donors (Lipinski definition) is 1. The fourth-order valence-corrected chi connectivity index (χ4v) is 4.37. The minimum Gasteiger partial charge on any atom is -0.507 e. The molecular weight excluding hydrogens is 520 g/mol. The highest BCUT2D eigenvalue weighted by molar-refractivity contribution is 9.10. The number of likely N-dealkylation sites (N-methyl/N-ethyl adjacent to an activating group) is 1. The van der Waals surface area contributed by atoms with Crippen LogP contribution in [0.4, 0.5) is 0 Å². The van der Waals surface area contributed by atoms with Crippen molar-refractivity contribution < 1.29 is 33.7 Å². The summed E-state index contributed by atoms with van der Waals surface area (Å²) in [6.07, 6.45) is 0. The van der Waals surface area contributed by atoms with Crippen LogP contribution >= 0.6 is 15.9 Å². The number of esters is 1. The molecule has 10 heteroatoms. The van der Waals surface area contributed by atoms with Gasteiger partial charge in [0.25, 0.3) is 11.7 Å². The summed E-state index contributed by atoms with van der Waals surface area (Å²) in [5.41, 5.74) is 0.751. The van der Waals surface area contributed by atoms with Crippen LogP contribution in [-0.4, -0.2) is 74.0 Å². The highest BCUT2D eigenvalue weighted by Gasteiger charge is 2.46. The van der Waals surface area contributed by atoms with Crippen molar-refractivity contribution in [1.29, 1.82) is 0 Å². The molecular formula is C25H27BrN2O7. The molecule has 1 amide bonds. The minimum absolute atomic E-state index is 0.0650. The monoisotopic (exact) mass is 546 g/mol. The minimum atomic E-state index is -0.906. The number of carbonyl (C=O) groups is 3. The SMILES string of the molecule is COc1ccc(/C(O)=C2/C(=O)C(=O)N(CCN(C)C)C2c2ccc(OC)c(OC(C)=O)c2)cc1Br. The van der Waals surface area contributed by atoms with E-state index < -0.39 is 23.7 Å². The van der Waals surface area contributed by atoms with Crippen LogP contribution in [0.3, 0.4) is 0 Å². The van der Waals surface area contributed by atoms with Crippen LogP contribution < -0.4 is 14.2 Å². The number of likely N-dealkylation sites (tertiary alicyclic amines) is 1. The number of aliphatic hydroxyl groups is 1. The molecule has 1 unspecified atom stereocenters. The summed E-state index contributed by atoms with van der Waals surface area (Å²) in [7, 11) is 6.66. The van der Waals surface area contributed by atoms with Gasteiger partial charge >= 0.3 is 5.97 Å². The molecule has 1 aliphatic heterocycles. The first kappa shape index (κ1) is 26.2. The lowest BCUT2D eigenvalue weighted by molar-refractivity contribution is -0.140. The molecule has 1 N–H and O–H groups in total. The van der Waals surface area contributed by atoms with E-state index in [1.807, 2.05) is 19.0 Å². The molecule has 1 atom stereocenters. The molecule has 0 aliphatic carbocycles. The van der Waals surface area contributed by atoms with E-state index in [-0.39, 0.29) is 23.6 Å². The standard InChI is InChI=1S/C25H27BrN2O7/c1-14(29)35-20-13-15(6-9-19(20)34-5)22-21(24(31)25(32)28(22)11-10-27(2)3)23(30)16-7-8-18(33-4)17(26)12-16/h6-9,12-13,22,30H,10-11H2,1-5H3/b23-21-. The quantitative estimate of drug-likeness (QED) is 0.176. The van der Waals surface area contributed by atoms with E-state index in [0.29, 0.717) is 33.6 Å². The lowest BCUT2D eigenvalue weighted by Crippen LogP contribution is -2.35. The predicted molar refractivity (Wildman–Crippen MR) is 133 cm³/mol. The molecule has 0 bridgehead atoms. The first-order chi connectivity index (χ1) is 16.6.